The Bertz CT molecular complexity index is 572. The van der Waals surface area contributed by atoms with Gasteiger partial charge in [-0.15, -0.1) is 0 Å². The van der Waals surface area contributed by atoms with Crippen LogP contribution in [0.25, 0.3) is 0 Å². The van der Waals surface area contributed by atoms with E-state index < -0.39 is 10.0 Å². The number of anilines is 1. The predicted molar refractivity (Wildman–Crippen MR) is 78.7 cm³/mol. The number of nitrogens with two attached hydrogens (primary N) is 1. The molecule has 0 radical (unpaired) electrons. The molecule has 2 unspecified atom stereocenters. The number of benzene rings is 1. The van der Waals surface area contributed by atoms with Crippen LogP contribution in [0.15, 0.2) is 23.1 Å². The minimum atomic E-state index is -3.56. The fraction of sp³-hybridized carbons (Fsp3) is 0.571. The van der Waals surface area contributed by atoms with Crippen LogP contribution in [0.4, 0.5) is 5.69 Å². The second kappa shape index (κ2) is 6.11. The number of nitrogens with one attached hydrogen (secondary N) is 1. The van der Waals surface area contributed by atoms with Crippen molar-refractivity contribution in [3.05, 3.63) is 23.8 Å². The van der Waals surface area contributed by atoms with E-state index >= 15 is 0 Å². The van der Waals surface area contributed by atoms with E-state index in [-0.39, 0.29) is 23.5 Å². The smallest absolute Gasteiger partial charge is 0.240 e. The average Bonchev–Trinajstić information content (AvgIpc) is 2.42. The van der Waals surface area contributed by atoms with Gasteiger partial charge in [-0.05, 0) is 49.4 Å². The quantitative estimate of drug-likeness (QED) is 0.733. The van der Waals surface area contributed by atoms with Gasteiger partial charge in [-0.2, -0.15) is 0 Å². The molecule has 0 heterocycles. The average molecular weight is 298 g/mol. The van der Waals surface area contributed by atoms with E-state index in [2.05, 4.69) is 4.72 Å². The van der Waals surface area contributed by atoms with Crippen LogP contribution in [0.2, 0.25) is 0 Å². The second-order valence-electron chi connectivity index (χ2n) is 5.47. The number of nitrogen functional groups attached to an aromatic ring is 1. The molecule has 0 aliphatic heterocycles. The molecule has 0 spiro atoms. The summed E-state index contributed by atoms with van der Waals surface area (Å²) in [6.45, 7) is 1.81. The van der Waals surface area contributed by atoms with Crippen LogP contribution < -0.4 is 10.5 Å². The van der Waals surface area contributed by atoms with Crippen LogP contribution in [0, 0.1) is 12.8 Å². The second-order valence-corrected chi connectivity index (χ2v) is 7.19. The fourth-order valence-electron chi connectivity index (χ4n) is 2.66. The lowest BCUT2D eigenvalue weighted by atomic mass is 9.86. The van der Waals surface area contributed by atoms with Gasteiger partial charge in [-0.25, -0.2) is 13.1 Å². The number of aryl methyl sites for hydroxylation is 1. The molecule has 1 fully saturated rings. The first-order valence-electron chi connectivity index (χ1n) is 6.93. The van der Waals surface area contributed by atoms with Crippen molar-refractivity contribution in [1.29, 1.82) is 0 Å². The van der Waals surface area contributed by atoms with Crippen LogP contribution >= 0.6 is 0 Å². The van der Waals surface area contributed by atoms with Gasteiger partial charge < -0.3 is 10.8 Å². The highest BCUT2D eigenvalue weighted by molar-refractivity contribution is 7.89. The van der Waals surface area contributed by atoms with Gasteiger partial charge in [-0.1, -0.05) is 12.8 Å². The van der Waals surface area contributed by atoms with E-state index in [0.717, 1.165) is 31.2 Å². The van der Waals surface area contributed by atoms with E-state index in [1.165, 1.54) is 6.07 Å². The zero-order chi connectivity index (χ0) is 14.8. The SMILES string of the molecule is Cc1cc(S(=O)(=O)NC2CCCCC2CO)ccc1N. The summed E-state index contributed by atoms with van der Waals surface area (Å²) in [5.41, 5.74) is 7.04. The molecule has 112 valence electrons. The largest absolute Gasteiger partial charge is 0.399 e. The topological polar surface area (TPSA) is 92.4 Å². The number of rotatable bonds is 4. The summed E-state index contributed by atoms with van der Waals surface area (Å²) in [6.07, 6.45) is 3.68. The molecule has 0 amide bonds. The molecule has 5 nitrogen and oxygen atoms in total. The molecule has 1 aromatic carbocycles. The van der Waals surface area contributed by atoms with Gasteiger partial charge in [0.2, 0.25) is 10.0 Å². The third-order valence-electron chi connectivity index (χ3n) is 4.00. The molecule has 1 saturated carbocycles. The van der Waals surface area contributed by atoms with Crippen LogP contribution in [0.5, 0.6) is 0 Å². The third kappa shape index (κ3) is 3.31. The number of hydrogen-bond acceptors (Lipinski definition) is 4. The van der Waals surface area contributed by atoms with E-state index in [1.54, 1.807) is 19.1 Å². The van der Waals surface area contributed by atoms with Crippen LogP contribution in [0.3, 0.4) is 0 Å². The van der Waals surface area contributed by atoms with Gasteiger partial charge in [0, 0.05) is 18.3 Å². The first-order valence-corrected chi connectivity index (χ1v) is 8.41. The molecule has 0 aromatic heterocycles. The van der Waals surface area contributed by atoms with Gasteiger partial charge in [-0.3, -0.25) is 0 Å². The summed E-state index contributed by atoms with van der Waals surface area (Å²) in [5.74, 6) is 0.00778. The Balaban J connectivity index is 2.19. The number of aliphatic hydroxyl groups is 1. The summed E-state index contributed by atoms with van der Waals surface area (Å²) < 4.78 is 27.5. The maximum Gasteiger partial charge on any atom is 0.240 e. The molecule has 0 saturated heterocycles. The molecule has 4 N–H and O–H groups in total. The van der Waals surface area contributed by atoms with Crippen LogP contribution in [-0.2, 0) is 10.0 Å². The first kappa shape index (κ1) is 15.3. The molecule has 1 aliphatic carbocycles. The maximum absolute atomic E-state index is 12.4. The van der Waals surface area contributed by atoms with Crippen molar-refractivity contribution in [3.63, 3.8) is 0 Å². The Morgan fingerprint density at radius 1 is 1.35 bits per heavy atom. The minimum absolute atomic E-state index is 0.00778. The van der Waals surface area contributed by atoms with Crippen LogP contribution in [-0.4, -0.2) is 26.2 Å². The first-order chi connectivity index (χ1) is 9.44. The van der Waals surface area contributed by atoms with E-state index in [9.17, 15) is 13.5 Å². The van der Waals surface area contributed by atoms with Crippen molar-refractivity contribution in [2.24, 2.45) is 5.92 Å². The van der Waals surface area contributed by atoms with Gasteiger partial charge in [0.1, 0.15) is 0 Å². The van der Waals surface area contributed by atoms with Gasteiger partial charge in [0.25, 0.3) is 0 Å². The molecule has 1 aromatic rings. The molecule has 0 bridgehead atoms. The zero-order valence-corrected chi connectivity index (χ0v) is 12.5. The fourth-order valence-corrected chi connectivity index (χ4v) is 4.09. The highest BCUT2D eigenvalue weighted by Gasteiger charge is 2.29. The highest BCUT2D eigenvalue weighted by Crippen LogP contribution is 2.26. The summed E-state index contributed by atoms with van der Waals surface area (Å²) >= 11 is 0. The van der Waals surface area contributed by atoms with Gasteiger partial charge in [0.05, 0.1) is 4.90 Å². The monoisotopic (exact) mass is 298 g/mol. The van der Waals surface area contributed by atoms with E-state index in [4.69, 9.17) is 5.73 Å². The van der Waals surface area contributed by atoms with Gasteiger partial charge in [0.15, 0.2) is 0 Å². The summed E-state index contributed by atoms with van der Waals surface area (Å²) in [4.78, 5) is 0.228. The highest BCUT2D eigenvalue weighted by atomic mass is 32.2. The standard InChI is InChI=1S/C14H22N2O3S/c1-10-8-12(6-7-13(10)15)20(18,19)16-14-5-3-2-4-11(14)9-17/h6-8,11,14,16-17H,2-5,9,15H2,1H3. The minimum Gasteiger partial charge on any atom is -0.399 e. The van der Waals surface area contributed by atoms with E-state index in [0.29, 0.717) is 5.69 Å². The predicted octanol–water partition coefficient (Wildman–Crippen LogP) is 1.41. The zero-order valence-electron chi connectivity index (χ0n) is 11.7. The Morgan fingerprint density at radius 2 is 2.05 bits per heavy atom. The molecule has 2 rings (SSSR count). The lowest BCUT2D eigenvalue weighted by molar-refractivity contribution is 0.164. The summed E-state index contributed by atoms with van der Waals surface area (Å²) in [7, 11) is -3.56. The molecule has 6 heteroatoms. The molecular weight excluding hydrogens is 276 g/mol. The maximum atomic E-state index is 12.4. The number of aliphatic hydroxyl groups excluding tert-OH is 1. The number of sulfonamides is 1. The molecule has 1 aliphatic rings. The van der Waals surface area contributed by atoms with Crippen molar-refractivity contribution in [1.82, 2.24) is 4.72 Å². The Hall–Kier alpha value is -1.11. The molecule has 2 atom stereocenters. The number of hydrogen-bond donors (Lipinski definition) is 3. The van der Waals surface area contributed by atoms with Crippen molar-refractivity contribution in [2.45, 2.75) is 43.5 Å². The van der Waals surface area contributed by atoms with E-state index in [1.807, 2.05) is 0 Å². The van der Waals surface area contributed by atoms with Crippen molar-refractivity contribution in [3.8, 4) is 0 Å². The normalized spacial score (nSPS) is 23.7. The molecule has 20 heavy (non-hydrogen) atoms. The Kier molecular flexibility index (Phi) is 4.67. The van der Waals surface area contributed by atoms with Crippen LogP contribution in [0.1, 0.15) is 31.2 Å². The Morgan fingerprint density at radius 3 is 2.70 bits per heavy atom. The van der Waals surface area contributed by atoms with Crippen molar-refractivity contribution < 1.29 is 13.5 Å². The third-order valence-corrected chi connectivity index (χ3v) is 5.49. The molecular formula is C14H22N2O3S. The lowest BCUT2D eigenvalue weighted by Crippen LogP contribution is -2.43. The van der Waals surface area contributed by atoms with Gasteiger partial charge >= 0.3 is 0 Å². The van der Waals surface area contributed by atoms with Crippen molar-refractivity contribution in [2.75, 3.05) is 12.3 Å². The Labute approximate surface area is 120 Å². The summed E-state index contributed by atoms with van der Waals surface area (Å²) in [6, 6.07) is 4.51. The van der Waals surface area contributed by atoms with Crippen molar-refractivity contribution >= 4 is 15.7 Å². The lowest BCUT2D eigenvalue weighted by Gasteiger charge is -2.30. The summed E-state index contributed by atoms with van der Waals surface area (Å²) in [5, 5.41) is 9.36.